The second-order valence-corrected chi connectivity index (χ2v) is 6.41. The number of nitrogens with zero attached hydrogens (tertiary/aromatic N) is 2. The molecule has 0 radical (unpaired) electrons. The molecule has 6 nitrogen and oxygen atoms in total. The predicted octanol–water partition coefficient (Wildman–Crippen LogP) is 2.70. The van der Waals surface area contributed by atoms with Gasteiger partial charge in [0.2, 0.25) is 0 Å². The summed E-state index contributed by atoms with van der Waals surface area (Å²) >= 11 is 0. The Kier molecular flexibility index (Phi) is 4.38. The summed E-state index contributed by atoms with van der Waals surface area (Å²) in [6.45, 7) is 1.96. The van der Waals surface area contributed by atoms with Gasteiger partial charge in [0.25, 0.3) is 5.91 Å². The SMILES string of the molecule is Cc1cnn(-c2ccc(C(=O)NC3(C(=O)O)CCCCC3)cc2)c1. The quantitative estimate of drug-likeness (QED) is 0.904. The molecule has 1 amide bonds. The summed E-state index contributed by atoms with van der Waals surface area (Å²) in [6, 6.07) is 6.99. The lowest BCUT2D eigenvalue weighted by Gasteiger charge is -2.34. The third kappa shape index (κ3) is 3.18. The van der Waals surface area contributed by atoms with Crippen molar-refractivity contribution in [3.8, 4) is 5.69 Å². The molecule has 1 saturated carbocycles. The van der Waals surface area contributed by atoms with E-state index in [-0.39, 0.29) is 5.91 Å². The van der Waals surface area contributed by atoms with Crippen molar-refractivity contribution >= 4 is 11.9 Å². The summed E-state index contributed by atoms with van der Waals surface area (Å²) < 4.78 is 1.73. The average molecular weight is 327 g/mol. The van der Waals surface area contributed by atoms with Gasteiger partial charge in [-0.3, -0.25) is 4.79 Å². The van der Waals surface area contributed by atoms with E-state index in [4.69, 9.17) is 0 Å². The van der Waals surface area contributed by atoms with Crippen molar-refractivity contribution in [1.29, 1.82) is 0 Å². The molecule has 0 bridgehead atoms. The molecule has 6 heteroatoms. The maximum absolute atomic E-state index is 12.5. The number of aryl methyl sites for hydroxylation is 1. The van der Waals surface area contributed by atoms with Crippen molar-refractivity contribution in [3.05, 3.63) is 47.8 Å². The van der Waals surface area contributed by atoms with Gasteiger partial charge in [0.1, 0.15) is 5.54 Å². The largest absolute Gasteiger partial charge is 0.480 e. The number of rotatable bonds is 4. The first-order chi connectivity index (χ1) is 11.5. The van der Waals surface area contributed by atoms with E-state index in [1.807, 2.05) is 13.1 Å². The Balaban J connectivity index is 1.76. The molecule has 0 atom stereocenters. The number of nitrogens with one attached hydrogen (secondary N) is 1. The molecule has 1 heterocycles. The normalized spacial score (nSPS) is 16.5. The maximum atomic E-state index is 12.5. The lowest BCUT2D eigenvalue weighted by Crippen LogP contribution is -2.55. The van der Waals surface area contributed by atoms with Crippen LogP contribution >= 0.6 is 0 Å². The highest BCUT2D eigenvalue weighted by Gasteiger charge is 2.41. The number of hydrogen-bond donors (Lipinski definition) is 2. The minimum absolute atomic E-state index is 0.345. The van der Waals surface area contributed by atoms with E-state index in [1.54, 1.807) is 35.1 Å². The molecule has 0 spiro atoms. The summed E-state index contributed by atoms with van der Waals surface area (Å²) in [5.41, 5.74) is 1.23. The zero-order valence-corrected chi connectivity index (χ0v) is 13.7. The average Bonchev–Trinajstić information content (AvgIpc) is 3.02. The van der Waals surface area contributed by atoms with Gasteiger partial charge in [-0.15, -0.1) is 0 Å². The van der Waals surface area contributed by atoms with Crippen LogP contribution < -0.4 is 5.32 Å². The van der Waals surface area contributed by atoms with Gasteiger partial charge in [-0.05, 0) is 49.6 Å². The van der Waals surface area contributed by atoms with Crippen LogP contribution in [0.5, 0.6) is 0 Å². The number of carboxylic acids is 1. The Morgan fingerprint density at radius 1 is 1.17 bits per heavy atom. The van der Waals surface area contributed by atoms with Gasteiger partial charge in [0, 0.05) is 11.8 Å². The van der Waals surface area contributed by atoms with Crippen molar-refractivity contribution in [2.75, 3.05) is 0 Å². The van der Waals surface area contributed by atoms with Crippen LogP contribution in [0.1, 0.15) is 48.0 Å². The zero-order chi connectivity index (χ0) is 17.2. The Bertz CT molecular complexity index is 743. The van der Waals surface area contributed by atoms with E-state index >= 15 is 0 Å². The molecule has 0 unspecified atom stereocenters. The van der Waals surface area contributed by atoms with Crippen molar-refractivity contribution < 1.29 is 14.7 Å². The summed E-state index contributed by atoms with van der Waals surface area (Å²) in [5.74, 6) is -1.29. The molecule has 2 N–H and O–H groups in total. The van der Waals surface area contributed by atoms with Crippen molar-refractivity contribution in [1.82, 2.24) is 15.1 Å². The van der Waals surface area contributed by atoms with E-state index in [0.29, 0.717) is 18.4 Å². The molecular formula is C18H21N3O3. The van der Waals surface area contributed by atoms with E-state index in [2.05, 4.69) is 10.4 Å². The van der Waals surface area contributed by atoms with Crippen LogP contribution in [0.2, 0.25) is 0 Å². The molecule has 1 aromatic heterocycles. The molecular weight excluding hydrogens is 306 g/mol. The van der Waals surface area contributed by atoms with Crippen LogP contribution in [0.4, 0.5) is 0 Å². The molecule has 126 valence electrons. The predicted molar refractivity (Wildman–Crippen MR) is 89.2 cm³/mol. The second-order valence-electron chi connectivity index (χ2n) is 6.41. The summed E-state index contributed by atoms with van der Waals surface area (Å²) in [4.78, 5) is 24.1. The van der Waals surface area contributed by atoms with Gasteiger partial charge in [0.15, 0.2) is 0 Å². The lowest BCUT2D eigenvalue weighted by molar-refractivity contribution is -0.145. The van der Waals surface area contributed by atoms with Crippen molar-refractivity contribution in [3.63, 3.8) is 0 Å². The Morgan fingerprint density at radius 3 is 2.38 bits per heavy atom. The molecule has 1 fully saturated rings. The number of carboxylic acid groups (broad SMARTS) is 1. The van der Waals surface area contributed by atoms with Gasteiger partial charge >= 0.3 is 5.97 Å². The van der Waals surface area contributed by atoms with Gasteiger partial charge < -0.3 is 10.4 Å². The smallest absolute Gasteiger partial charge is 0.329 e. The third-order valence-corrected chi connectivity index (χ3v) is 4.58. The number of amides is 1. The highest BCUT2D eigenvalue weighted by Crippen LogP contribution is 2.29. The molecule has 3 rings (SSSR count). The lowest BCUT2D eigenvalue weighted by atomic mass is 9.81. The zero-order valence-electron chi connectivity index (χ0n) is 13.7. The Hall–Kier alpha value is -2.63. The molecule has 0 saturated heterocycles. The summed E-state index contributed by atoms with van der Waals surface area (Å²) in [7, 11) is 0. The number of hydrogen-bond acceptors (Lipinski definition) is 3. The fourth-order valence-electron chi connectivity index (χ4n) is 3.16. The maximum Gasteiger partial charge on any atom is 0.329 e. The van der Waals surface area contributed by atoms with Crippen LogP contribution in [0.3, 0.4) is 0 Å². The first kappa shape index (κ1) is 16.2. The van der Waals surface area contributed by atoms with Gasteiger partial charge in [-0.2, -0.15) is 5.10 Å². The fourth-order valence-corrected chi connectivity index (χ4v) is 3.16. The first-order valence-electron chi connectivity index (χ1n) is 8.18. The van der Waals surface area contributed by atoms with E-state index < -0.39 is 11.5 Å². The molecule has 24 heavy (non-hydrogen) atoms. The molecule has 1 aliphatic carbocycles. The van der Waals surface area contributed by atoms with E-state index in [9.17, 15) is 14.7 Å². The fraction of sp³-hybridized carbons (Fsp3) is 0.389. The van der Waals surface area contributed by atoms with Crippen LogP contribution in [0, 0.1) is 6.92 Å². The number of carbonyl (C=O) groups excluding carboxylic acids is 1. The standard InChI is InChI=1S/C18H21N3O3/c1-13-11-19-21(12-13)15-7-5-14(6-8-15)16(22)20-18(17(23)24)9-3-2-4-10-18/h5-8,11-12H,2-4,9-10H2,1H3,(H,20,22)(H,23,24). The van der Waals surface area contributed by atoms with Crippen LogP contribution in [0.15, 0.2) is 36.7 Å². The minimum Gasteiger partial charge on any atom is -0.480 e. The number of carbonyl (C=O) groups is 2. The molecule has 1 aliphatic rings. The van der Waals surface area contributed by atoms with Crippen molar-refractivity contribution in [2.24, 2.45) is 0 Å². The number of aromatic nitrogens is 2. The number of aliphatic carboxylic acids is 1. The monoisotopic (exact) mass is 327 g/mol. The van der Waals surface area contributed by atoms with E-state index in [0.717, 1.165) is 30.5 Å². The van der Waals surface area contributed by atoms with Crippen LogP contribution in [-0.4, -0.2) is 32.3 Å². The topological polar surface area (TPSA) is 84.2 Å². The Labute approximate surface area is 140 Å². The van der Waals surface area contributed by atoms with Crippen LogP contribution in [0.25, 0.3) is 5.69 Å². The second kappa shape index (κ2) is 6.47. The summed E-state index contributed by atoms with van der Waals surface area (Å²) in [6.07, 6.45) is 7.30. The molecule has 1 aromatic carbocycles. The third-order valence-electron chi connectivity index (χ3n) is 4.58. The van der Waals surface area contributed by atoms with E-state index in [1.165, 1.54) is 0 Å². The number of benzene rings is 1. The van der Waals surface area contributed by atoms with Crippen LogP contribution in [-0.2, 0) is 4.79 Å². The van der Waals surface area contributed by atoms with Gasteiger partial charge in [0.05, 0.1) is 11.9 Å². The van der Waals surface area contributed by atoms with Gasteiger partial charge in [-0.25, -0.2) is 9.48 Å². The van der Waals surface area contributed by atoms with Gasteiger partial charge in [-0.1, -0.05) is 19.3 Å². The van der Waals surface area contributed by atoms with Crippen molar-refractivity contribution in [2.45, 2.75) is 44.6 Å². The highest BCUT2D eigenvalue weighted by atomic mass is 16.4. The first-order valence-corrected chi connectivity index (χ1v) is 8.18. The Morgan fingerprint density at radius 2 is 1.83 bits per heavy atom. The molecule has 2 aromatic rings. The highest BCUT2D eigenvalue weighted by molar-refractivity contribution is 5.98. The molecule has 0 aliphatic heterocycles. The minimum atomic E-state index is -1.13. The summed E-state index contributed by atoms with van der Waals surface area (Å²) in [5, 5.41) is 16.5.